The molecule has 0 fully saturated rings. The van der Waals surface area contributed by atoms with Crippen LogP contribution in [0.4, 0.5) is 5.69 Å². The number of H-pyrrole nitrogens is 1. The number of aromatic amines is 1. The SMILES string of the molecule is CCc1ccc(-n2c(O)c(C=Nc3ccc(C)cc3C)c(=O)[nH]c2=S)cc1. The zero-order chi connectivity index (χ0) is 19.6. The number of aromatic nitrogens is 2. The highest BCUT2D eigenvalue weighted by Gasteiger charge is 2.12. The van der Waals surface area contributed by atoms with Gasteiger partial charge in [-0.05, 0) is 61.8 Å². The molecule has 27 heavy (non-hydrogen) atoms. The number of aryl methyl sites for hydroxylation is 3. The summed E-state index contributed by atoms with van der Waals surface area (Å²) >= 11 is 5.25. The first-order valence-electron chi connectivity index (χ1n) is 8.69. The van der Waals surface area contributed by atoms with Crippen molar-refractivity contribution in [3.63, 3.8) is 0 Å². The summed E-state index contributed by atoms with van der Waals surface area (Å²) in [6.07, 6.45) is 2.29. The normalized spacial score (nSPS) is 11.2. The molecule has 0 aliphatic rings. The Bertz CT molecular complexity index is 1130. The Morgan fingerprint density at radius 3 is 2.52 bits per heavy atom. The number of nitrogens with one attached hydrogen (secondary N) is 1. The van der Waals surface area contributed by atoms with Crippen LogP contribution in [0.3, 0.4) is 0 Å². The summed E-state index contributed by atoms with van der Waals surface area (Å²) in [5, 5.41) is 10.7. The second-order valence-corrected chi connectivity index (χ2v) is 6.79. The molecule has 0 bridgehead atoms. The van der Waals surface area contributed by atoms with E-state index in [0.29, 0.717) is 5.69 Å². The first-order valence-corrected chi connectivity index (χ1v) is 9.10. The molecule has 5 nitrogen and oxygen atoms in total. The molecule has 1 heterocycles. The molecule has 0 radical (unpaired) electrons. The topological polar surface area (TPSA) is 70.4 Å². The molecular formula is C21H21N3O2S. The third-order valence-corrected chi connectivity index (χ3v) is 4.69. The van der Waals surface area contributed by atoms with Crippen LogP contribution < -0.4 is 5.56 Å². The Morgan fingerprint density at radius 2 is 1.89 bits per heavy atom. The van der Waals surface area contributed by atoms with E-state index in [9.17, 15) is 9.90 Å². The number of hydrogen-bond acceptors (Lipinski definition) is 4. The van der Waals surface area contributed by atoms with Gasteiger partial charge < -0.3 is 5.11 Å². The van der Waals surface area contributed by atoms with Gasteiger partial charge >= 0.3 is 0 Å². The summed E-state index contributed by atoms with van der Waals surface area (Å²) in [4.78, 5) is 19.3. The summed E-state index contributed by atoms with van der Waals surface area (Å²) < 4.78 is 1.56. The summed E-state index contributed by atoms with van der Waals surface area (Å²) in [6.45, 7) is 6.03. The average molecular weight is 379 g/mol. The molecule has 138 valence electrons. The van der Waals surface area contributed by atoms with Crippen molar-refractivity contribution in [2.75, 3.05) is 0 Å². The maximum atomic E-state index is 12.3. The van der Waals surface area contributed by atoms with Crippen LogP contribution in [0.25, 0.3) is 5.69 Å². The Morgan fingerprint density at radius 1 is 1.19 bits per heavy atom. The van der Waals surface area contributed by atoms with Crippen molar-refractivity contribution in [3.05, 3.63) is 79.8 Å². The molecule has 3 rings (SSSR count). The number of rotatable bonds is 4. The molecular weight excluding hydrogens is 358 g/mol. The van der Waals surface area contributed by atoms with Gasteiger partial charge in [0.05, 0.1) is 11.4 Å². The van der Waals surface area contributed by atoms with E-state index in [4.69, 9.17) is 12.2 Å². The second-order valence-electron chi connectivity index (χ2n) is 6.40. The lowest BCUT2D eigenvalue weighted by atomic mass is 10.1. The highest BCUT2D eigenvalue weighted by molar-refractivity contribution is 7.71. The van der Waals surface area contributed by atoms with Gasteiger partial charge in [-0.1, -0.05) is 36.8 Å². The predicted octanol–water partition coefficient (Wildman–Crippen LogP) is 4.53. The largest absolute Gasteiger partial charge is 0.494 e. The van der Waals surface area contributed by atoms with Crippen LogP contribution in [0.15, 0.2) is 52.3 Å². The fraction of sp³-hybridized carbons (Fsp3) is 0.190. The molecule has 0 atom stereocenters. The molecule has 2 aromatic carbocycles. The van der Waals surface area contributed by atoms with Gasteiger partial charge in [-0.25, -0.2) is 0 Å². The van der Waals surface area contributed by atoms with Crippen molar-refractivity contribution in [2.45, 2.75) is 27.2 Å². The Hall–Kier alpha value is -2.99. The van der Waals surface area contributed by atoms with E-state index < -0.39 is 5.56 Å². The summed E-state index contributed by atoms with van der Waals surface area (Å²) in [7, 11) is 0. The first kappa shape index (κ1) is 18.8. The maximum Gasteiger partial charge on any atom is 0.264 e. The Balaban J connectivity index is 2.09. The average Bonchev–Trinajstić information content (AvgIpc) is 2.63. The van der Waals surface area contributed by atoms with Crippen molar-refractivity contribution in [1.82, 2.24) is 9.55 Å². The summed E-state index contributed by atoms with van der Waals surface area (Å²) in [5.74, 6) is -0.235. The van der Waals surface area contributed by atoms with E-state index in [0.717, 1.165) is 23.2 Å². The van der Waals surface area contributed by atoms with E-state index in [1.807, 2.05) is 56.3 Å². The van der Waals surface area contributed by atoms with E-state index in [1.54, 1.807) is 0 Å². The number of hydrogen-bond donors (Lipinski definition) is 2. The fourth-order valence-electron chi connectivity index (χ4n) is 2.86. The maximum absolute atomic E-state index is 12.3. The van der Waals surface area contributed by atoms with Gasteiger partial charge in [0.25, 0.3) is 5.56 Å². The van der Waals surface area contributed by atoms with Gasteiger partial charge in [0.1, 0.15) is 5.56 Å². The van der Waals surface area contributed by atoms with Crippen LogP contribution in [-0.2, 0) is 6.42 Å². The highest BCUT2D eigenvalue weighted by Crippen LogP contribution is 2.22. The molecule has 0 aliphatic carbocycles. The summed E-state index contributed by atoms with van der Waals surface area (Å²) in [5.41, 5.74) is 4.29. The molecule has 0 unspecified atom stereocenters. The van der Waals surface area contributed by atoms with Crippen molar-refractivity contribution >= 4 is 24.1 Å². The monoisotopic (exact) mass is 379 g/mol. The van der Waals surface area contributed by atoms with Gasteiger partial charge in [0, 0.05) is 6.21 Å². The van der Waals surface area contributed by atoms with Crippen molar-refractivity contribution in [1.29, 1.82) is 0 Å². The van der Waals surface area contributed by atoms with Crippen LogP contribution in [0.1, 0.15) is 29.2 Å². The number of nitrogens with zero attached hydrogens (tertiary/aromatic N) is 2. The quantitative estimate of drug-likeness (QED) is 0.517. The van der Waals surface area contributed by atoms with Crippen molar-refractivity contribution in [2.24, 2.45) is 4.99 Å². The first-order chi connectivity index (χ1) is 12.9. The number of benzene rings is 2. The third kappa shape index (κ3) is 3.90. The second kappa shape index (κ2) is 7.72. The van der Waals surface area contributed by atoms with E-state index >= 15 is 0 Å². The molecule has 1 aromatic heterocycles. The standard InChI is InChI=1S/C21H21N3O2S/c1-4-15-6-8-16(9-7-15)24-20(26)17(19(25)23-21(24)27)12-22-18-10-5-13(2)11-14(18)3/h5-12,26H,4H2,1-3H3,(H,23,25,27). The minimum atomic E-state index is -0.479. The highest BCUT2D eigenvalue weighted by atomic mass is 32.1. The van der Waals surface area contributed by atoms with E-state index in [2.05, 4.69) is 16.9 Å². The number of aromatic hydroxyl groups is 1. The number of aliphatic imine (C=N–C) groups is 1. The lowest BCUT2D eigenvalue weighted by Crippen LogP contribution is -2.18. The van der Waals surface area contributed by atoms with Crippen molar-refractivity contribution < 1.29 is 5.11 Å². The predicted molar refractivity (Wildman–Crippen MR) is 111 cm³/mol. The molecule has 0 spiro atoms. The van der Waals surface area contributed by atoms with E-state index in [1.165, 1.54) is 16.3 Å². The lowest BCUT2D eigenvalue weighted by molar-refractivity contribution is 0.432. The van der Waals surface area contributed by atoms with E-state index in [-0.39, 0.29) is 16.2 Å². The minimum Gasteiger partial charge on any atom is -0.494 e. The fourth-order valence-corrected chi connectivity index (χ4v) is 3.14. The Labute approximate surface area is 162 Å². The zero-order valence-corrected chi connectivity index (χ0v) is 16.3. The Kier molecular flexibility index (Phi) is 5.37. The van der Waals surface area contributed by atoms with Crippen LogP contribution in [0.5, 0.6) is 5.88 Å². The van der Waals surface area contributed by atoms with Crippen molar-refractivity contribution in [3.8, 4) is 11.6 Å². The smallest absolute Gasteiger partial charge is 0.264 e. The molecule has 0 amide bonds. The van der Waals surface area contributed by atoms with Gasteiger partial charge in [0.2, 0.25) is 5.88 Å². The zero-order valence-electron chi connectivity index (χ0n) is 15.5. The van der Waals surface area contributed by atoms with Crippen LogP contribution in [0.2, 0.25) is 0 Å². The molecule has 0 aliphatic heterocycles. The van der Waals surface area contributed by atoms with Gasteiger partial charge in [0.15, 0.2) is 4.77 Å². The minimum absolute atomic E-state index is 0.0585. The lowest BCUT2D eigenvalue weighted by Gasteiger charge is -2.11. The van der Waals surface area contributed by atoms with Crippen LogP contribution in [0, 0.1) is 18.6 Å². The van der Waals surface area contributed by atoms with Gasteiger partial charge in [-0.2, -0.15) is 0 Å². The summed E-state index contributed by atoms with van der Waals surface area (Å²) in [6, 6.07) is 13.5. The van der Waals surface area contributed by atoms with Gasteiger partial charge in [-0.3, -0.25) is 19.3 Å². The van der Waals surface area contributed by atoms with Crippen LogP contribution >= 0.6 is 12.2 Å². The molecule has 3 aromatic rings. The molecule has 0 saturated heterocycles. The van der Waals surface area contributed by atoms with Crippen LogP contribution in [-0.4, -0.2) is 20.9 Å². The third-order valence-electron chi connectivity index (χ3n) is 4.41. The molecule has 2 N–H and O–H groups in total. The molecule has 6 heteroatoms. The molecule has 0 saturated carbocycles. The van der Waals surface area contributed by atoms with Gasteiger partial charge in [-0.15, -0.1) is 0 Å².